The number of nitrogens with zero attached hydrogens (tertiary/aromatic N) is 1. The molecule has 0 aliphatic carbocycles. The van der Waals surface area contributed by atoms with Crippen LogP contribution in [-0.2, 0) is 6.42 Å². The maximum absolute atomic E-state index is 5.32. The standard InChI is InChI=1S/C13H16N2O/c1-2-11(8-10-4-6-14-7-5-10)13-12(3-1)16-9-15-13/h1-3,9-10,14H,4-8H2. The zero-order chi connectivity index (χ0) is 10.8. The average molecular weight is 216 g/mol. The number of fused-ring (bicyclic) bond motifs is 1. The molecule has 1 saturated heterocycles. The fraction of sp³-hybridized carbons (Fsp3) is 0.462. The number of piperidine rings is 1. The minimum Gasteiger partial charge on any atom is -0.443 e. The summed E-state index contributed by atoms with van der Waals surface area (Å²) in [6.07, 6.45) is 5.21. The SMILES string of the molecule is c1cc(CC2CCNCC2)c2ncoc2c1. The summed E-state index contributed by atoms with van der Waals surface area (Å²) in [6, 6.07) is 6.21. The highest BCUT2D eigenvalue weighted by Crippen LogP contribution is 2.23. The van der Waals surface area contributed by atoms with Crippen molar-refractivity contribution in [3.63, 3.8) is 0 Å². The van der Waals surface area contributed by atoms with Crippen LogP contribution in [-0.4, -0.2) is 18.1 Å². The van der Waals surface area contributed by atoms with Gasteiger partial charge < -0.3 is 9.73 Å². The van der Waals surface area contributed by atoms with Crippen LogP contribution in [0.3, 0.4) is 0 Å². The molecule has 0 radical (unpaired) electrons. The van der Waals surface area contributed by atoms with Gasteiger partial charge in [0.05, 0.1) is 0 Å². The summed E-state index contributed by atoms with van der Waals surface area (Å²) in [5.74, 6) is 0.795. The van der Waals surface area contributed by atoms with Gasteiger partial charge in [-0.05, 0) is 49.9 Å². The van der Waals surface area contributed by atoms with Gasteiger partial charge in [0, 0.05) is 0 Å². The van der Waals surface area contributed by atoms with E-state index in [0.29, 0.717) is 0 Å². The molecule has 3 rings (SSSR count). The topological polar surface area (TPSA) is 38.1 Å². The fourth-order valence-electron chi connectivity index (χ4n) is 2.51. The number of oxazole rings is 1. The van der Waals surface area contributed by atoms with E-state index in [9.17, 15) is 0 Å². The van der Waals surface area contributed by atoms with E-state index in [2.05, 4.69) is 22.4 Å². The monoisotopic (exact) mass is 216 g/mol. The summed E-state index contributed by atoms with van der Waals surface area (Å²) < 4.78 is 5.32. The van der Waals surface area contributed by atoms with Crippen molar-refractivity contribution in [2.75, 3.05) is 13.1 Å². The van der Waals surface area contributed by atoms with Crippen molar-refractivity contribution in [3.8, 4) is 0 Å². The van der Waals surface area contributed by atoms with E-state index in [1.807, 2.05) is 6.07 Å². The van der Waals surface area contributed by atoms with Gasteiger partial charge in [0.1, 0.15) is 5.52 Å². The molecule has 3 nitrogen and oxygen atoms in total. The Morgan fingerprint density at radius 3 is 3.06 bits per heavy atom. The highest BCUT2D eigenvalue weighted by atomic mass is 16.3. The van der Waals surface area contributed by atoms with E-state index in [0.717, 1.165) is 36.5 Å². The molecular formula is C13H16N2O. The van der Waals surface area contributed by atoms with Crippen molar-refractivity contribution < 1.29 is 4.42 Å². The van der Waals surface area contributed by atoms with Crippen LogP contribution in [0.1, 0.15) is 18.4 Å². The average Bonchev–Trinajstić information content (AvgIpc) is 2.80. The van der Waals surface area contributed by atoms with Gasteiger partial charge in [0.2, 0.25) is 0 Å². The van der Waals surface area contributed by atoms with Gasteiger partial charge in [0.15, 0.2) is 12.0 Å². The Labute approximate surface area is 94.9 Å². The third-order valence-corrected chi connectivity index (χ3v) is 3.41. The number of benzene rings is 1. The first-order chi connectivity index (χ1) is 7.93. The predicted molar refractivity (Wildman–Crippen MR) is 63.3 cm³/mol. The molecule has 16 heavy (non-hydrogen) atoms. The second-order valence-corrected chi connectivity index (χ2v) is 4.51. The molecule has 84 valence electrons. The van der Waals surface area contributed by atoms with E-state index in [4.69, 9.17) is 4.42 Å². The van der Waals surface area contributed by atoms with Gasteiger partial charge in [-0.25, -0.2) is 4.98 Å². The van der Waals surface area contributed by atoms with E-state index >= 15 is 0 Å². The Bertz CT molecular complexity index is 471. The number of rotatable bonds is 2. The minimum atomic E-state index is 0.795. The fourth-order valence-corrected chi connectivity index (χ4v) is 2.51. The highest BCUT2D eigenvalue weighted by molar-refractivity contribution is 5.76. The first-order valence-electron chi connectivity index (χ1n) is 5.95. The Kier molecular flexibility index (Phi) is 2.62. The number of aromatic nitrogens is 1. The Morgan fingerprint density at radius 2 is 2.19 bits per heavy atom. The third kappa shape index (κ3) is 1.83. The van der Waals surface area contributed by atoms with Crippen molar-refractivity contribution in [3.05, 3.63) is 30.2 Å². The van der Waals surface area contributed by atoms with Crippen LogP contribution in [0.15, 0.2) is 29.0 Å². The number of para-hydroxylation sites is 1. The molecule has 3 heteroatoms. The predicted octanol–water partition coefficient (Wildman–Crippen LogP) is 2.37. The molecule has 1 aliphatic rings. The van der Waals surface area contributed by atoms with Gasteiger partial charge in [-0.2, -0.15) is 0 Å². The van der Waals surface area contributed by atoms with Gasteiger partial charge in [0.25, 0.3) is 0 Å². The lowest BCUT2D eigenvalue weighted by atomic mass is 9.90. The third-order valence-electron chi connectivity index (χ3n) is 3.41. The second-order valence-electron chi connectivity index (χ2n) is 4.51. The summed E-state index contributed by atoms with van der Waals surface area (Å²) in [5, 5.41) is 3.40. The second kappa shape index (κ2) is 4.26. The molecule has 1 aromatic heterocycles. The van der Waals surface area contributed by atoms with Crippen LogP contribution >= 0.6 is 0 Å². The molecule has 0 amide bonds. The molecular weight excluding hydrogens is 200 g/mol. The van der Waals surface area contributed by atoms with Gasteiger partial charge >= 0.3 is 0 Å². The lowest BCUT2D eigenvalue weighted by Crippen LogP contribution is -2.28. The molecule has 2 heterocycles. The quantitative estimate of drug-likeness (QED) is 0.837. The first kappa shape index (κ1) is 9.85. The Morgan fingerprint density at radius 1 is 1.31 bits per heavy atom. The van der Waals surface area contributed by atoms with Crippen LogP contribution < -0.4 is 5.32 Å². The summed E-state index contributed by atoms with van der Waals surface area (Å²) in [5.41, 5.74) is 3.28. The molecule has 1 fully saturated rings. The molecule has 0 spiro atoms. The largest absolute Gasteiger partial charge is 0.443 e. The zero-order valence-corrected chi connectivity index (χ0v) is 9.28. The van der Waals surface area contributed by atoms with Crippen LogP contribution in [0.4, 0.5) is 0 Å². The molecule has 0 unspecified atom stereocenters. The normalized spacial score (nSPS) is 18.0. The van der Waals surface area contributed by atoms with Crippen LogP contribution in [0, 0.1) is 5.92 Å². The molecule has 0 atom stereocenters. The van der Waals surface area contributed by atoms with Crippen molar-refractivity contribution in [2.24, 2.45) is 5.92 Å². The van der Waals surface area contributed by atoms with Crippen molar-refractivity contribution in [1.82, 2.24) is 10.3 Å². The van der Waals surface area contributed by atoms with E-state index < -0.39 is 0 Å². The number of nitrogens with one attached hydrogen (secondary N) is 1. The molecule has 1 aromatic carbocycles. The lowest BCUT2D eigenvalue weighted by Gasteiger charge is -2.22. The maximum atomic E-state index is 5.32. The van der Waals surface area contributed by atoms with E-state index in [1.54, 1.807) is 0 Å². The summed E-state index contributed by atoms with van der Waals surface area (Å²) >= 11 is 0. The Hall–Kier alpha value is -1.35. The van der Waals surface area contributed by atoms with Crippen LogP contribution in [0.5, 0.6) is 0 Å². The highest BCUT2D eigenvalue weighted by Gasteiger charge is 2.15. The first-order valence-corrected chi connectivity index (χ1v) is 5.95. The number of hydrogen-bond acceptors (Lipinski definition) is 3. The Balaban J connectivity index is 1.85. The summed E-state index contributed by atoms with van der Waals surface area (Å²) in [7, 11) is 0. The number of hydrogen-bond donors (Lipinski definition) is 1. The van der Waals surface area contributed by atoms with Gasteiger partial charge in [-0.3, -0.25) is 0 Å². The molecule has 0 bridgehead atoms. The maximum Gasteiger partial charge on any atom is 0.181 e. The van der Waals surface area contributed by atoms with E-state index in [1.165, 1.54) is 24.8 Å². The van der Waals surface area contributed by atoms with Crippen molar-refractivity contribution in [1.29, 1.82) is 0 Å². The van der Waals surface area contributed by atoms with E-state index in [-0.39, 0.29) is 0 Å². The molecule has 0 saturated carbocycles. The van der Waals surface area contributed by atoms with Crippen LogP contribution in [0.25, 0.3) is 11.1 Å². The van der Waals surface area contributed by atoms with Gasteiger partial charge in [-0.1, -0.05) is 12.1 Å². The summed E-state index contributed by atoms with van der Waals surface area (Å²) in [4.78, 5) is 4.30. The summed E-state index contributed by atoms with van der Waals surface area (Å²) in [6.45, 7) is 2.30. The van der Waals surface area contributed by atoms with Gasteiger partial charge in [-0.15, -0.1) is 0 Å². The molecule has 1 aliphatic heterocycles. The van der Waals surface area contributed by atoms with Crippen molar-refractivity contribution in [2.45, 2.75) is 19.3 Å². The molecule has 2 aromatic rings. The van der Waals surface area contributed by atoms with Crippen molar-refractivity contribution >= 4 is 11.1 Å². The molecule has 1 N–H and O–H groups in total. The minimum absolute atomic E-state index is 0.795. The smallest absolute Gasteiger partial charge is 0.181 e. The zero-order valence-electron chi connectivity index (χ0n) is 9.28. The lowest BCUT2D eigenvalue weighted by molar-refractivity contribution is 0.373. The van der Waals surface area contributed by atoms with Crippen LogP contribution in [0.2, 0.25) is 0 Å².